The van der Waals surface area contributed by atoms with Gasteiger partial charge >= 0.3 is 5.97 Å². The lowest BCUT2D eigenvalue weighted by atomic mass is 9.86. The van der Waals surface area contributed by atoms with Gasteiger partial charge in [0.15, 0.2) is 6.61 Å². The van der Waals surface area contributed by atoms with E-state index in [-0.39, 0.29) is 17.7 Å². The summed E-state index contributed by atoms with van der Waals surface area (Å²) < 4.78 is 10.9. The molecule has 132 valence electrons. The molecule has 0 heterocycles. The second-order valence-corrected chi connectivity index (χ2v) is 6.72. The summed E-state index contributed by atoms with van der Waals surface area (Å²) in [7, 11) is 0. The van der Waals surface area contributed by atoms with Crippen LogP contribution in [0.2, 0.25) is 0 Å². The summed E-state index contributed by atoms with van der Waals surface area (Å²) in [5, 5.41) is 10.7. The number of nitro benzene ring substituents is 1. The van der Waals surface area contributed by atoms with Crippen molar-refractivity contribution in [2.75, 3.05) is 6.61 Å². The number of nitro groups is 1. The van der Waals surface area contributed by atoms with E-state index in [0.29, 0.717) is 17.1 Å². The van der Waals surface area contributed by atoms with Gasteiger partial charge in [-0.1, -0.05) is 39.0 Å². The molecule has 2 rings (SSSR count). The standard InChI is InChI=1S/C19H21NO5/c1-13-11-14(20(22)23)9-10-16(13)24-12-18(21)25-17-8-6-5-7-15(17)19(2,3)4/h5-11H,12H2,1-4H3. The van der Waals surface area contributed by atoms with Gasteiger partial charge in [0.05, 0.1) is 4.92 Å². The first-order chi connectivity index (χ1) is 11.7. The quantitative estimate of drug-likeness (QED) is 0.352. The van der Waals surface area contributed by atoms with Crippen LogP contribution in [0.4, 0.5) is 5.69 Å². The zero-order valence-corrected chi connectivity index (χ0v) is 14.7. The summed E-state index contributed by atoms with van der Waals surface area (Å²) in [6.07, 6.45) is 0. The smallest absolute Gasteiger partial charge is 0.349 e. The summed E-state index contributed by atoms with van der Waals surface area (Å²) in [5.74, 6) is 0.380. The van der Waals surface area contributed by atoms with Gasteiger partial charge in [-0.25, -0.2) is 4.79 Å². The Morgan fingerprint density at radius 3 is 2.40 bits per heavy atom. The van der Waals surface area contributed by atoms with Crippen LogP contribution in [0.25, 0.3) is 0 Å². The number of hydrogen-bond donors (Lipinski definition) is 0. The van der Waals surface area contributed by atoms with Gasteiger partial charge in [0.2, 0.25) is 0 Å². The number of carbonyl (C=O) groups is 1. The Balaban J connectivity index is 2.04. The second-order valence-electron chi connectivity index (χ2n) is 6.72. The van der Waals surface area contributed by atoms with E-state index in [1.54, 1.807) is 19.1 Å². The number of para-hydroxylation sites is 1. The molecule has 0 fully saturated rings. The third-order valence-corrected chi connectivity index (χ3v) is 3.63. The number of ether oxygens (including phenoxy) is 2. The van der Waals surface area contributed by atoms with Crippen LogP contribution in [-0.4, -0.2) is 17.5 Å². The van der Waals surface area contributed by atoms with Crippen LogP contribution < -0.4 is 9.47 Å². The number of non-ortho nitro benzene ring substituents is 1. The molecule has 0 atom stereocenters. The van der Waals surface area contributed by atoms with Crippen LogP contribution in [-0.2, 0) is 10.2 Å². The molecule has 0 bridgehead atoms. The fourth-order valence-corrected chi connectivity index (χ4v) is 2.37. The van der Waals surface area contributed by atoms with E-state index in [4.69, 9.17) is 9.47 Å². The number of nitrogens with zero attached hydrogens (tertiary/aromatic N) is 1. The lowest BCUT2D eigenvalue weighted by molar-refractivity contribution is -0.384. The number of rotatable bonds is 5. The van der Waals surface area contributed by atoms with Gasteiger partial charge < -0.3 is 9.47 Å². The van der Waals surface area contributed by atoms with E-state index in [9.17, 15) is 14.9 Å². The third-order valence-electron chi connectivity index (χ3n) is 3.63. The SMILES string of the molecule is Cc1cc([N+](=O)[O-])ccc1OCC(=O)Oc1ccccc1C(C)(C)C. The number of aryl methyl sites for hydroxylation is 1. The van der Waals surface area contributed by atoms with Crippen molar-refractivity contribution in [3.63, 3.8) is 0 Å². The molecule has 6 nitrogen and oxygen atoms in total. The molecule has 6 heteroatoms. The first-order valence-corrected chi connectivity index (χ1v) is 7.86. The van der Waals surface area contributed by atoms with Crippen LogP contribution in [0.15, 0.2) is 42.5 Å². The molecule has 0 aromatic heterocycles. The topological polar surface area (TPSA) is 78.7 Å². The molecular formula is C19H21NO5. The maximum Gasteiger partial charge on any atom is 0.349 e. The molecule has 0 aliphatic heterocycles. The number of esters is 1. The molecule has 0 saturated carbocycles. The van der Waals surface area contributed by atoms with Crippen molar-refractivity contribution in [3.05, 3.63) is 63.7 Å². The number of carbonyl (C=O) groups excluding carboxylic acids is 1. The Labute approximate surface area is 146 Å². The normalized spacial score (nSPS) is 11.0. The number of benzene rings is 2. The van der Waals surface area contributed by atoms with Gasteiger partial charge in [-0.3, -0.25) is 10.1 Å². The molecule has 2 aromatic rings. The van der Waals surface area contributed by atoms with Crippen molar-refractivity contribution < 1.29 is 19.2 Å². The zero-order chi connectivity index (χ0) is 18.6. The first-order valence-electron chi connectivity index (χ1n) is 7.86. The average Bonchev–Trinajstić information content (AvgIpc) is 2.53. The van der Waals surface area contributed by atoms with Crippen molar-refractivity contribution in [1.82, 2.24) is 0 Å². The predicted molar refractivity (Wildman–Crippen MR) is 94.1 cm³/mol. The highest BCUT2D eigenvalue weighted by Crippen LogP contribution is 2.31. The monoisotopic (exact) mass is 343 g/mol. The molecule has 0 aliphatic carbocycles. The molecule has 0 unspecified atom stereocenters. The van der Waals surface area contributed by atoms with Gasteiger partial charge in [-0.15, -0.1) is 0 Å². The van der Waals surface area contributed by atoms with Gasteiger partial charge in [-0.2, -0.15) is 0 Å². The lowest BCUT2D eigenvalue weighted by Gasteiger charge is -2.22. The minimum Gasteiger partial charge on any atom is -0.482 e. The van der Waals surface area contributed by atoms with E-state index >= 15 is 0 Å². The Morgan fingerprint density at radius 2 is 1.80 bits per heavy atom. The maximum absolute atomic E-state index is 12.1. The van der Waals surface area contributed by atoms with E-state index < -0.39 is 10.9 Å². The van der Waals surface area contributed by atoms with Crippen molar-refractivity contribution in [3.8, 4) is 11.5 Å². The highest BCUT2D eigenvalue weighted by Gasteiger charge is 2.20. The van der Waals surface area contributed by atoms with E-state index in [1.807, 2.05) is 32.9 Å². The van der Waals surface area contributed by atoms with Gasteiger partial charge in [0, 0.05) is 17.7 Å². The van der Waals surface area contributed by atoms with Gasteiger partial charge in [0.1, 0.15) is 11.5 Å². The van der Waals surface area contributed by atoms with E-state index in [0.717, 1.165) is 5.56 Å². The summed E-state index contributed by atoms with van der Waals surface area (Å²) in [6.45, 7) is 7.52. The average molecular weight is 343 g/mol. The summed E-state index contributed by atoms with van der Waals surface area (Å²) in [6, 6.07) is 11.6. The van der Waals surface area contributed by atoms with E-state index in [2.05, 4.69) is 0 Å². The molecule has 0 saturated heterocycles. The summed E-state index contributed by atoms with van der Waals surface area (Å²) in [4.78, 5) is 22.4. The van der Waals surface area contributed by atoms with Crippen molar-refractivity contribution in [2.24, 2.45) is 0 Å². The van der Waals surface area contributed by atoms with E-state index in [1.165, 1.54) is 18.2 Å². The van der Waals surface area contributed by atoms with Crippen LogP contribution in [0, 0.1) is 17.0 Å². The Morgan fingerprint density at radius 1 is 1.12 bits per heavy atom. The molecular weight excluding hydrogens is 322 g/mol. The fourth-order valence-electron chi connectivity index (χ4n) is 2.37. The minimum atomic E-state index is -0.533. The summed E-state index contributed by atoms with van der Waals surface area (Å²) >= 11 is 0. The van der Waals surface area contributed by atoms with Crippen LogP contribution in [0.1, 0.15) is 31.9 Å². The Bertz CT molecular complexity index is 793. The van der Waals surface area contributed by atoms with Crippen LogP contribution >= 0.6 is 0 Å². The highest BCUT2D eigenvalue weighted by molar-refractivity contribution is 5.74. The lowest BCUT2D eigenvalue weighted by Crippen LogP contribution is -2.21. The molecule has 0 amide bonds. The molecule has 0 aliphatic rings. The largest absolute Gasteiger partial charge is 0.482 e. The third kappa shape index (κ3) is 4.79. The van der Waals surface area contributed by atoms with Gasteiger partial charge in [-0.05, 0) is 30.0 Å². The van der Waals surface area contributed by atoms with Crippen LogP contribution in [0.3, 0.4) is 0 Å². The summed E-state index contributed by atoms with van der Waals surface area (Å²) in [5.41, 5.74) is 1.32. The zero-order valence-electron chi connectivity index (χ0n) is 14.7. The molecule has 25 heavy (non-hydrogen) atoms. The maximum atomic E-state index is 12.1. The highest BCUT2D eigenvalue weighted by atomic mass is 16.6. The number of hydrogen-bond acceptors (Lipinski definition) is 5. The Kier molecular flexibility index (Phi) is 5.41. The predicted octanol–water partition coefficient (Wildman–Crippen LogP) is 4.19. The fraction of sp³-hybridized carbons (Fsp3) is 0.316. The molecule has 0 radical (unpaired) electrons. The molecule has 0 N–H and O–H groups in total. The van der Waals surface area contributed by atoms with Crippen molar-refractivity contribution >= 4 is 11.7 Å². The second kappa shape index (κ2) is 7.34. The first kappa shape index (κ1) is 18.4. The molecule has 2 aromatic carbocycles. The van der Waals surface area contributed by atoms with Gasteiger partial charge in [0.25, 0.3) is 5.69 Å². The van der Waals surface area contributed by atoms with Crippen LogP contribution in [0.5, 0.6) is 11.5 Å². The van der Waals surface area contributed by atoms with Crippen molar-refractivity contribution in [2.45, 2.75) is 33.1 Å². The Hall–Kier alpha value is -2.89. The molecule has 0 spiro atoms. The van der Waals surface area contributed by atoms with Crippen molar-refractivity contribution in [1.29, 1.82) is 0 Å². The minimum absolute atomic E-state index is 0.0217.